The highest BCUT2D eigenvalue weighted by atomic mass is 16.5. The number of aryl methyl sites for hydroxylation is 6. The van der Waals surface area contributed by atoms with E-state index in [0.717, 1.165) is 23.7 Å². The molecule has 0 amide bonds. The Bertz CT molecular complexity index is 1050. The van der Waals surface area contributed by atoms with E-state index in [1.807, 2.05) is 0 Å². The molecular formula is C31H40O3. The average molecular weight is 461 g/mol. The van der Waals surface area contributed by atoms with E-state index in [4.69, 9.17) is 14.2 Å². The molecule has 34 heavy (non-hydrogen) atoms. The van der Waals surface area contributed by atoms with Gasteiger partial charge in [-0.2, -0.15) is 0 Å². The smallest absolute Gasteiger partial charge is 0.124 e. The number of rotatable bonds is 8. The summed E-state index contributed by atoms with van der Waals surface area (Å²) < 4.78 is 16.9. The molecule has 0 fully saturated rings. The van der Waals surface area contributed by atoms with Crippen LogP contribution in [-0.2, 0) is 0 Å². The van der Waals surface area contributed by atoms with Crippen LogP contribution in [0.15, 0.2) is 36.4 Å². The molecule has 182 valence electrons. The fourth-order valence-electron chi connectivity index (χ4n) is 5.56. The van der Waals surface area contributed by atoms with Crippen molar-refractivity contribution in [2.45, 2.75) is 66.7 Å². The van der Waals surface area contributed by atoms with Gasteiger partial charge in [0.1, 0.15) is 17.2 Å². The first-order valence-electron chi connectivity index (χ1n) is 12.1. The molecule has 3 aromatic rings. The topological polar surface area (TPSA) is 27.7 Å². The Morgan fingerprint density at radius 1 is 0.500 bits per heavy atom. The fourth-order valence-corrected chi connectivity index (χ4v) is 5.56. The van der Waals surface area contributed by atoms with Gasteiger partial charge in [-0.15, -0.1) is 0 Å². The standard InChI is InChI=1S/C31H40O3/c1-18(25-11-19(2)29(32-8)20(3)12-25)17-28(26-13-21(4)30(33-9)22(5)14-26)27-15-23(6)31(34-10)24(7)16-27/h11-16,18,28H,17H2,1-10H3. The van der Waals surface area contributed by atoms with Crippen molar-refractivity contribution in [3.63, 3.8) is 0 Å². The van der Waals surface area contributed by atoms with Gasteiger partial charge in [-0.05, 0) is 104 Å². The van der Waals surface area contributed by atoms with Gasteiger partial charge in [0.2, 0.25) is 0 Å². The Labute approximate surface area is 206 Å². The lowest BCUT2D eigenvalue weighted by atomic mass is 9.79. The second-order valence-corrected chi connectivity index (χ2v) is 9.75. The lowest BCUT2D eigenvalue weighted by Gasteiger charge is -2.26. The Hall–Kier alpha value is -2.94. The SMILES string of the molecule is COc1c(C)cc(C(C)CC(c2cc(C)c(OC)c(C)c2)c2cc(C)c(OC)c(C)c2)cc1C. The minimum absolute atomic E-state index is 0.254. The third-order valence-electron chi connectivity index (χ3n) is 7.02. The Morgan fingerprint density at radius 3 is 1.03 bits per heavy atom. The quantitative estimate of drug-likeness (QED) is 0.342. The summed E-state index contributed by atoms with van der Waals surface area (Å²) in [5.41, 5.74) is 11.1. The molecule has 0 aliphatic heterocycles. The van der Waals surface area contributed by atoms with Crippen molar-refractivity contribution in [1.29, 1.82) is 0 Å². The zero-order valence-electron chi connectivity index (χ0n) is 22.6. The third kappa shape index (κ3) is 5.09. The molecule has 3 aromatic carbocycles. The molecule has 1 atom stereocenters. The van der Waals surface area contributed by atoms with Crippen LogP contribution in [0.2, 0.25) is 0 Å². The first-order chi connectivity index (χ1) is 16.1. The van der Waals surface area contributed by atoms with Crippen molar-refractivity contribution in [3.05, 3.63) is 86.5 Å². The van der Waals surface area contributed by atoms with Gasteiger partial charge in [0.05, 0.1) is 21.3 Å². The van der Waals surface area contributed by atoms with Gasteiger partial charge in [-0.25, -0.2) is 0 Å². The molecule has 0 N–H and O–H groups in total. The van der Waals surface area contributed by atoms with Crippen LogP contribution in [-0.4, -0.2) is 21.3 Å². The van der Waals surface area contributed by atoms with Gasteiger partial charge in [-0.3, -0.25) is 0 Å². The van der Waals surface area contributed by atoms with Crippen LogP contribution in [0, 0.1) is 41.5 Å². The Balaban J connectivity index is 2.11. The predicted molar refractivity (Wildman–Crippen MR) is 142 cm³/mol. The van der Waals surface area contributed by atoms with Crippen LogP contribution in [0.5, 0.6) is 17.2 Å². The van der Waals surface area contributed by atoms with Gasteiger partial charge < -0.3 is 14.2 Å². The van der Waals surface area contributed by atoms with Crippen molar-refractivity contribution in [2.24, 2.45) is 0 Å². The molecule has 1 unspecified atom stereocenters. The average Bonchev–Trinajstić information content (AvgIpc) is 2.76. The van der Waals surface area contributed by atoms with E-state index in [0.29, 0.717) is 5.92 Å². The van der Waals surface area contributed by atoms with Crippen LogP contribution in [0.4, 0.5) is 0 Å². The summed E-state index contributed by atoms with van der Waals surface area (Å²) >= 11 is 0. The largest absolute Gasteiger partial charge is 0.496 e. The molecule has 0 radical (unpaired) electrons. The molecule has 0 aliphatic carbocycles. The van der Waals surface area contributed by atoms with E-state index in [1.165, 1.54) is 50.1 Å². The fraction of sp³-hybridized carbons (Fsp3) is 0.419. The number of hydrogen-bond acceptors (Lipinski definition) is 3. The molecule has 3 nitrogen and oxygen atoms in total. The third-order valence-corrected chi connectivity index (χ3v) is 7.02. The first-order valence-corrected chi connectivity index (χ1v) is 12.1. The van der Waals surface area contributed by atoms with Gasteiger partial charge in [0.25, 0.3) is 0 Å². The van der Waals surface area contributed by atoms with Crippen molar-refractivity contribution >= 4 is 0 Å². The van der Waals surface area contributed by atoms with Gasteiger partial charge in [0, 0.05) is 5.92 Å². The zero-order valence-corrected chi connectivity index (χ0v) is 22.6. The minimum atomic E-state index is 0.254. The monoisotopic (exact) mass is 460 g/mol. The number of hydrogen-bond donors (Lipinski definition) is 0. The van der Waals surface area contributed by atoms with Gasteiger partial charge >= 0.3 is 0 Å². The molecular weight excluding hydrogens is 420 g/mol. The van der Waals surface area contributed by atoms with Crippen LogP contribution < -0.4 is 14.2 Å². The summed E-state index contributed by atoms with van der Waals surface area (Å²) in [6.45, 7) is 15.1. The molecule has 3 heteroatoms. The number of benzene rings is 3. The zero-order chi connectivity index (χ0) is 25.2. The van der Waals surface area contributed by atoms with Gasteiger partial charge in [-0.1, -0.05) is 43.3 Å². The van der Waals surface area contributed by atoms with E-state index >= 15 is 0 Å². The molecule has 0 bridgehead atoms. The summed E-state index contributed by atoms with van der Waals surface area (Å²) in [6.07, 6.45) is 1.00. The summed E-state index contributed by atoms with van der Waals surface area (Å²) in [5, 5.41) is 0. The molecule has 0 aromatic heterocycles. The maximum absolute atomic E-state index is 5.65. The highest BCUT2D eigenvalue weighted by Crippen LogP contribution is 2.40. The molecule has 0 aliphatic rings. The number of methoxy groups -OCH3 is 3. The lowest BCUT2D eigenvalue weighted by Crippen LogP contribution is -2.09. The highest BCUT2D eigenvalue weighted by Gasteiger charge is 2.23. The van der Waals surface area contributed by atoms with Crippen LogP contribution in [0.1, 0.15) is 75.3 Å². The summed E-state index contributed by atoms with van der Waals surface area (Å²) in [4.78, 5) is 0. The first kappa shape index (κ1) is 25.7. The summed E-state index contributed by atoms with van der Waals surface area (Å²) in [7, 11) is 5.25. The molecule has 3 rings (SSSR count). The second kappa shape index (κ2) is 10.5. The molecule has 0 saturated carbocycles. The van der Waals surface area contributed by atoms with E-state index in [1.54, 1.807) is 21.3 Å². The maximum atomic E-state index is 5.65. The predicted octanol–water partition coefficient (Wildman–Crippen LogP) is 7.89. The Morgan fingerprint density at radius 2 is 0.765 bits per heavy atom. The van der Waals surface area contributed by atoms with Crippen molar-refractivity contribution in [2.75, 3.05) is 21.3 Å². The Kier molecular flexibility index (Phi) is 7.97. The normalized spacial score (nSPS) is 12.1. The van der Waals surface area contributed by atoms with E-state index in [9.17, 15) is 0 Å². The van der Waals surface area contributed by atoms with E-state index in [-0.39, 0.29) is 5.92 Å². The van der Waals surface area contributed by atoms with Crippen LogP contribution >= 0.6 is 0 Å². The maximum Gasteiger partial charge on any atom is 0.124 e. The van der Waals surface area contributed by atoms with Gasteiger partial charge in [0.15, 0.2) is 0 Å². The highest BCUT2D eigenvalue weighted by molar-refractivity contribution is 5.50. The van der Waals surface area contributed by atoms with Crippen molar-refractivity contribution in [1.82, 2.24) is 0 Å². The molecule has 0 saturated heterocycles. The second-order valence-electron chi connectivity index (χ2n) is 9.75. The van der Waals surface area contributed by atoms with E-state index in [2.05, 4.69) is 84.9 Å². The van der Waals surface area contributed by atoms with Crippen LogP contribution in [0.25, 0.3) is 0 Å². The summed E-state index contributed by atoms with van der Waals surface area (Å²) in [6, 6.07) is 13.7. The summed E-state index contributed by atoms with van der Waals surface area (Å²) in [5.74, 6) is 3.55. The number of ether oxygens (including phenoxy) is 3. The van der Waals surface area contributed by atoms with Crippen LogP contribution in [0.3, 0.4) is 0 Å². The lowest BCUT2D eigenvalue weighted by molar-refractivity contribution is 0.407. The molecule has 0 spiro atoms. The van der Waals surface area contributed by atoms with Crippen molar-refractivity contribution < 1.29 is 14.2 Å². The van der Waals surface area contributed by atoms with E-state index < -0.39 is 0 Å². The minimum Gasteiger partial charge on any atom is -0.496 e. The van der Waals surface area contributed by atoms with Crippen molar-refractivity contribution in [3.8, 4) is 17.2 Å². The molecule has 0 heterocycles.